The van der Waals surface area contributed by atoms with Gasteiger partial charge in [-0.1, -0.05) is 98.5 Å². The van der Waals surface area contributed by atoms with E-state index < -0.39 is 6.10 Å². The first-order valence-corrected chi connectivity index (χ1v) is 13.3. The van der Waals surface area contributed by atoms with Crippen molar-refractivity contribution in [3.05, 3.63) is 95.1 Å². The summed E-state index contributed by atoms with van der Waals surface area (Å²) in [6, 6.07) is 19.6. The zero-order valence-electron chi connectivity index (χ0n) is 22.5. The molecule has 5 nitrogen and oxygen atoms in total. The maximum Gasteiger partial charge on any atom is 0.331 e. The fraction of sp³-hybridized carbons (Fsp3) is 0.438. The second-order valence-corrected chi connectivity index (χ2v) is 10.1. The van der Waals surface area contributed by atoms with Gasteiger partial charge in [-0.3, -0.25) is 4.79 Å². The monoisotopic (exact) mass is 504 g/mol. The molecule has 0 aromatic heterocycles. The molecule has 1 saturated heterocycles. The predicted molar refractivity (Wildman–Crippen MR) is 146 cm³/mol. The van der Waals surface area contributed by atoms with Crippen molar-refractivity contribution in [1.82, 2.24) is 0 Å². The second kappa shape index (κ2) is 14.5. The third kappa shape index (κ3) is 10.4. The molecule has 198 valence electrons. The Hall–Kier alpha value is -3.18. The second-order valence-electron chi connectivity index (χ2n) is 10.1. The van der Waals surface area contributed by atoms with Gasteiger partial charge in [-0.2, -0.15) is 0 Å². The summed E-state index contributed by atoms with van der Waals surface area (Å²) in [6.07, 6.45) is 8.96. The van der Waals surface area contributed by atoms with E-state index in [2.05, 4.69) is 19.9 Å². The van der Waals surface area contributed by atoms with E-state index in [9.17, 15) is 9.59 Å². The van der Waals surface area contributed by atoms with Gasteiger partial charge in [0.1, 0.15) is 12.7 Å². The predicted octanol–water partition coefficient (Wildman–Crippen LogP) is 7.13. The highest BCUT2D eigenvalue weighted by Gasteiger charge is 2.38. The average Bonchev–Trinajstić information content (AvgIpc) is 3.63. The maximum atomic E-state index is 12.8. The lowest BCUT2D eigenvalue weighted by Gasteiger charge is -2.18. The molecule has 37 heavy (non-hydrogen) atoms. The molecule has 2 aromatic rings. The van der Waals surface area contributed by atoms with Crippen molar-refractivity contribution in [1.29, 1.82) is 0 Å². The number of ether oxygens (including phenoxy) is 3. The normalized spacial score (nSPS) is 18.4. The lowest BCUT2D eigenvalue weighted by molar-refractivity contribution is -0.142. The van der Waals surface area contributed by atoms with E-state index in [0.717, 1.165) is 48.8 Å². The third-order valence-electron chi connectivity index (χ3n) is 6.50. The maximum absolute atomic E-state index is 12.8. The van der Waals surface area contributed by atoms with Crippen LogP contribution in [0.15, 0.2) is 84.0 Å². The zero-order chi connectivity index (χ0) is 26.6. The Morgan fingerprint density at radius 2 is 1.51 bits per heavy atom. The van der Waals surface area contributed by atoms with Crippen molar-refractivity contribution in [2.75, 3.05) is 6.61 Å². The minimum atomic E-state index is -0.443. The molecule has 0 radical (unpaired) electrons. The molecule has 0 bridgehead atoms. The molecule has 0 unspecified atom stereocenters. The summed E-state index contributed by atoms with van der Waals surface area (Å²) in [5.74, 6) is -0.0350. The van der Waals surface area contributed by atoms with Gasteiger partial charge in [0.2, 0.25) is 0 Å². The topological polar surface area (TPSA) is 65.1 Å². The van der Waals surface area contributed by atoms with E-state index >= 15 is 0 Å². The fourth-order valence-electron chi connectivity index (χ4n) is 4.68. The highest BCUT2D eigenvalue weighted by atomic mass is 16.6. The number of esters is 2. The molecular formula is C32H40O5. The molecule has 1 fully saturated rings. The fourth-order valence-corrected chi connectivity index (χ4v) is 4.68. The van der Waals surface area contributed by atoms with Crippen molar-refractivity contribution >= 4 is 11.9 Å². The summed E-state index contributed by atoms with van der Waals surface area (Å²) >= 11 is 0. The molecule has 2 aromatic carbocycles. The highest BCUT2D eigenvalue weighted by molar-refractivity contribution is 5.83. The molecule has 0 saturated carbocycles. The van der Waals surface area contributed by atoms with Crippen LogP contribution in [0.2, 0.25) is 0 Å². The number of carbonyl (C=O) groups is 2. The van der Waals surface area contributed by atoms with Crippen LogP contribution in [-0.2, 0) is 23.8 Å². The van der Waals surface area contributed by atoms with Gasteiger partial charge < -0.3 is 14.2 Å². The van der Waals surface area contributed by atoms with Crippen molar-refractivity contribution in [3.63, 3.8) is 0 Å². The van der Waals surface area contributed by atoms with Crippen LogP contribution in [-0.4, -0.2) is 30.8 Å². The van der Waals surface area contributed by atoms with Crippen LogP contribution in [0.3, 0.4) is 0 Å². The third-order valence-corrected chi connectivity index (χ3v) is 6.50. The van der Waals surface area contributed by atoms with Gasteiger partial charge in [0.15, 0.2) is 6.10 Å². The number of epoxide rings is 1. The lowest BCUT2D eigenvalue weighted by Crippen LogP contribution is -2.11. The molecule has 3 atom stereocenters. The number of carbonyl (C=O) groups excluding carboxylic acids is 2. The van der Waals surface area contributed by atoms with Gasteiger partial charge in [0.25, 0.3) is 0 Å². The van der Waals surface area contributed by atoms with E-state index in [-0.39, 0.29) is 24.1 Å². The van der Waals surface area contributed by atoms with Crippen LogP contribution in [0.5, 0.6) is 0 Å². The SMILES string of the molecule is CC(=O)OC[C@@H]1O[C@@H]1CCCC[C@@H](C)C/C(C)=C/C(C)=C/C(=O)OC(c1ccccc1)c1ccccc1. The number of hydrogen-bond acceptors (Lipinski definition) is 5. The number of hydrogen-bond donors (Lipinski definition) is 0. The Kier molecular flexibility index (Phi) is 11.2. The number of unbranched alkanes of at least 4 members (excludes halogenated alkanes) is 1. The van der Waals surface area contributed by atoms with E-state index in [1.807, 2.05) is 67.6 Å². The first-order chi connectivity index (χ1) is 17.8. The standard InChI is InChI=1S/C32H40O5/c1-23(13-11-12-18-29-30(36-29)22-35-26(4)33)19-24(2)20-25(3)21-31(34)37-32(27-14-7-5-8-15-27)28-16-9-6-10-17-28/h5-10,14-17,20-21,23,29-30,32H,11-13,18-19,22H2,1-4H3/b24-20+,25-21+/t23-,29-,30+/m1/s1. The van der Waals surface area contributed by atoms with Crippen LogP contribution < -0.4 is 0 Å². The Morgan fingerprint density at radius 3 is 2.11 bits per heavy atom. The van der Waals surface area contributed by atoms with Crippen molar-refractivity contribution in [2.45, 2.75) is 78.1 Å². The van der Waals surface area contributed by atoms with E-state index in [4.69, 9.17) is 14.2 Å². The van der Waals surface area contributed by atoms with E-state index in [0.29, 0.717) is 12.5 Å². The van der Waals surface area contributed by atoms with Crippen LogP contribution >= 0.6 is 0 Å². The smallest absolute Gasteiger partial charge is 0.331 e. The molecule has 1 aliphatic rings. The molecule has 1 aliphatic heterocycles. The Bertz CT molecular complexity index is 1020. The van der Waals surface area contributed by atoms with Crippen molar-refractivity contribution in [3.8, 4) is 0 Å². The van der Waals surface area contributed by atoms with E-state index in [1.165, 1.54) is 12.5 Å². The van der Waals surface area contributed by atoms with Gasteiger partial charge in [0, 0.05) is 13.0 Å². The van der Waals surface area contributed by atoms with Gasteiger partial charge >= 0.3 is 11.9 Å². The molecule has 0 aliphatic carbocycles. The first kappa shape index (κ1) is 28.4. The minimum absolute atomic E-state index is 0.0867. The number of rotatable bonds is 14. The number of benzene rings is 2. The minimum Gasteiger partial charge on any atom is -0.463 e. The van der Waals surface area contributed by atoms with Crippen LogP contribution in [0, 0.1) is 5.92 Å². The van der Waals surface area contributed by atoms with Crippen LogP contribution in [0.1, 0.15) is 77.0 Å². The van der Waals surface area contributed by atoms with Gasteiger partial charge in [-0.25, -0.2) is 4.79 Å². The van der Waals surface area contributed by atoms with E-state index in [1.54, 1.807) is 6.08 Å². The Labute approximate surface area is 221 Å². The largest absolute Gasteiger partial charge is 0.463 e. The lowest BCUT2D eigenvalue weighted by atomic mass is 9.95. The molecule has 0 N–H and O–H groups in total. The van der Waals surface area contributed by atoms with Crippen LogP contribution in [0.4, 0.5) is 0 Å². The molecule has 0 spiro atoms. The molecule has 5 heteroatoms. The highest BCUT2D eigenvalue weighted by Crippen LogP contribution is 2.29. The summed E-state index contributed by atoms with van der Waals surface area (Å²) in [7, 11) is 0. The quantitative estimate of drug-likeness (QED) is 0.0900. The van der Waals surface area contributed by atoms with Gasteiger partial charge in [0.05, 0.1) is 6.10 Å². The summed E-state index contributed by atoms with van der Waals surface area (Å²) in [5.41, 5.74) is 4.03. The summed E-state index contributed by atoms with van der Waals surface area (Å²) in [4.78, 5) is 23.6. The summed E-state index contributed by atoms with van der Waals surface area (Å²) in [5, 5.41) is 0. The molecule has 0 amide bonds. The zero-order valence-corrected chi connectivity index (χ0v) is 22.5. The Morgan fingerprint density at radius 1 is 0.892 bits per heavy atom. The molecular weight excluding hydrogens is 464 g/mol. The van der Waals surface area contributed by atoms with Crippen molar-refractivity contribution in [2.24, 2.45) is 5.92 Å². The van der Waals surface area contributed by atoms with Crippen LogP contribution in [0.25, 0.3) is 0 Å². The summed E-state index contributed by atoms with van der Waals surface area (Å²) < 4.78 is 16.5. The molecule has 1 heterocycles. The van der Waals surface area contributed by atoms with Gasteiger partial charge in [-0.05, 0) is 49.3 Å². The summed E-state index contributed by atoms with van der Waals surface area (Å²) in [6.45, 7) is 8.13. The first-order valence-electron chi connectivity index (χ1n) is 13.3. The molecule has 3 rings (SSSR count). The number of allylic oxidation sites excluding steroid dienone is 3. The van der Waals surface area contributed by atoms with Gasteiger partial charge in [-0.15, -0.1) is 0 Å². The average molecular weight is 505 g/mol. The Balaban J connectivity index is 1.43. The van der Waals surface area contributed by atoms with Crippen molar-refractivity contribution < 1.29 is 23.8 Å².